The lowest BCUT2D eigenvalue weighted by molar-refractivity contribution is -0.116. The molecule has 6 rings (SSSR count). The van der Waals surface area contributed by atoms with Gasteiger partial charge in [-0.1, -0.05) is 30.0 Å². The summed E-state index contributed by atoms with van der Waals surface area (Å²) in [6.45, 7) is 1.85. The molecule has 0 radical (unpaired) electrons. The number of aromatic nitrogens is 3. The second-order valence-corrected chi connectivity index (χ2v) is 13.4. The Morgan fingerprint density at radius 2 is 1.67 bits per heavy atom. The number of thioether (sulfide) groups is 1. The van der Waals surface area contributed by atoms with Crippen molar-refractivity contribution in [2.75, 3.05) is 43.5 Å². The molecule has 3 heterocycles. The number of hydrogen-bond acceptors (Lipinski definition) is 8. The quantitative estimate of drug-likeness (QED) is 0.273. The van der Waals surface area contributed by atoms with Crippen molar-refractivity contribution in [2.45, 2.75) is 29.4 Å². The number of carbonyl (C=O) groups excluding carboxylic acids is 2. The maximum Gasteiger partial charge on any atom is 0.251 e. The van der Waals surface area contributed by atoms with Crippen LogP contribution in [0, 0.1) is 5.82 Å². The van der Waals surface area contributed by atoms with E-state index in [1.54, 1.807) is 21.6 Å². The van der Waals surface area contributed by atoms with Crippen LogP contribution in [0.2, 0.25) is 0 Å². The van der Waals surface area contributed by atoms with E-state index in [1.807, 2.05) is 24.3 Å². The van der Waals surface area contributed by atoms with Gasteiger partial charge in [0.2, 0.25) is 15.9 Å². The van der Waals surface area contributed by atoms with Crippen LogP contribution >= 0.6 is 11.8 Å². The van der Waals surface area contributed by atoms with E-state index >= 15 is 0 Å². The van der Waals surface area contributed by atoms with E-state index in [2.05, 4.69) is 15.5 Å². The number of amides is 2. The second kappa shape index (κ2) is 13.5. The predicted octanol–water partition coefficient (Wildman–Crippen LogP) is 3.43. The van der Waals surface area contributed by atoms with Crippen molar-refractivity contribution in [2.24, 2.45) is 0 Å². The van der Waals surface area contributed by atoms with Crippen LogP contribution in [0.3, 0.4) is 0 Å². The molecule has 0 bridgehead atoms. The number of carbonyl (C=O) groups is 2. The summed E-state index contributed by atoms with van der Waals surface area (Å²) < 4.78 is 47.9. The number of ether oxygens (including phenoxy) is 1. The number of nitrogens with one attached hydrogen (secondary N) is 1. The second-order valence-electron chi connectivity index (χ2n) is 10.5. The number of morpholine rings is 1. The molecule has 2 aliphatic heterocycles. The summed E-state index contributed by atoms with van der Waals surface area (Å²) >= 11 is 1.21. The van der Waals surface area contributed by atoms with Gasteiger partial charge in [-0.05, 0) is 73.0 Å². The van der Waals surface area contributed by atoms with E-state index in [1.165, 1.54) is 52.5 Å². The van der Waals surface area contributed by atoms with E-state index in [0.717, 1.165) is 24.1 Å². The highest BCUT2D eigenvalue weighted by Gasteiger charge is 2.27. The van der Waals surface area contributed by atoms with Crippen LogP contribution in [0.5, 0.6) is 0 Å². The summed E-state index contributed by atoms with van der Waals surface area (Å²) in [4.78, 5) is 28.2. The normalized spacial score (nSPS) is 15.4. The molecule has 1 N–H and O–H groups in total. The Morgan fingerprint density at radius 1 is 0.933 bits per heavy atom. The third kappa shape index (κ3) is 6.78. The zero-order valence-corrected chi connectivity index (χ0v) is 25.9. The van der Waals surface area contributed by atoms with Gasteiger partial charge in [0.25, 0.3) is 5.91 Å². The van der Waals surface area contributed by atoms with Gasteiger partial charge in [-0.3, -0.25) is 14.2 Å². The fourth-order valence-electron chi connectivity index (χ4n) is 5.33. The minimum atomic E-state index is -3.69. The summed E-state index contributed by atoms with van der Waals surface area (Å²) in [7, 11) is -3.69. The first-order valence-electron chi connectivity index (χ1n) is 14.5. The molecule has 0 saturated carbocycles. The number of sulfonamides is 1. The number of halogens is 1. The van der Waals surface area contributed by atoms with E-state index in [4.69, 9.17) is 4.74 Å². The van der Waals surface area contributed by atoms with E-state index in [9.17, 15) is 22.4 Å². The lowest BCUT2D eigenvalue weighted by atomic mass is 10.0. The van der Waals surface area contributed by atoms with Crippen molar-refractivity contribution >= 4 is 39.3 Å². The Hall–Kier alpha value is -4.11. The number of benzene rings is 3. The summed E-state index contributed by atoms with van der Waals surface area (Å²) in [6.07, 6.45) is 1.81. The molecule has 234 valence electrons. The Bertz CT molecular complexity index is 1790. The number of hydrogen-bond donors (Lipinski definition) is 1. The Kier molecular flexibility index (Phi) is 9.26. The van der Waals surface area contributed by atoms with Crippen LogP contribution < -0.4 is 10.2 Å². The fourth-order valence-corrected chi connectivity index (χ4v) is 7.59. The SMILES string of the molecule is O=C(NCc1nnc(SCC(=O)N2CCCc3ccccc32)n1-c1ccc(F)cc1)c1ccc(S(=O)(=O)N2CCOCC2)cc1. The van der Waals surface area contributed by atoms with Crippen LogP contribution in [0.1, 0.15) is 28.2 Å². The van der Waals surface area contributed by atoms with Gasteiger partial charge in [0.15, 0.2) is 11.0 Å². The first-order chi connectivity index (χ1) is 21.8. The van der Waals surface area contributed by atoms with Gasteiger partial charge in [0, 0.05) is 36.6 Å². The van der Waals surface area contributed by atoms with Crippen molar-refractivity contribution in [3.63, 3.8) is 0 Å². The first-order valence-corrected chi connectivity index (χ1v) is 16.9. The maximum absolute atomic E-state index is 13.8. The highest BCUT2D eigenvalue weighted by molar-refractivity contribution is 7.99. The van der Waals surface area contributed by atoms with Crippen molar-refractivity contribution < 1.29 is 27.1 Å². The molecule has 4 aromatic rings. The number of nitrogens with zero attached hydrogens (tertiary/aromatic N) is 5. The smallest absolute Gasteiger partial charge is 0.251 e. The molecule has 0 spiro atoms. The number of aryl methyl sites for hydroxylation is 1. The highest BCUT2D eigenvalue weighted by Crippen LogP contribution is 2.29. The fraction of sp³-hybridized carbons (Fsp3) is 0.290. The predicted molar refractivity (Wildman–Crippen MR) is 166 cm³/mol. The number of para-hydroxylation sites is 1. The lowest BCUT2D eigenvalue weighted by Gasteiger charge is -2.29. The molecular formula is C31H31FN6O5S2. The minimum Gasteiger partial charge on any atom is -0.379 e. The summed E-state index contributed by atoms with van der Waals surface area (Å²) in [6, 6.07) is 19.4. The van der Waals surface area contributed by atoms with Gasteiger partial charge in [0.05, 0.1) is 30.4 Å². The molecule has 11 nitrogen and oxygen atoms in total. The first kappa shape index (κ1) is 30.9. The molecule has 3 aromatic carbocycles. The molecule has 2 amide bonds. The average Bonchev–Trinajstić information content (AvgIpc) is 3.49. The van der Waals surface area contributed by atoms with Gasteiger partial charge in [-0.2, -0.15) is 4.31 Å². The van der Waals surface area contributed by atoms with Crippen LogP contribution in [-0.2, 0) is 32.5 Å². The Morgan fingerprint density at radius 3 is 2.42 bits per heavy atom. The van der Waals surface area contributed by atoms with Crippen LogP contribution in [0.25, 0.3) is 5.69 Å². The van der Waals surface area contributed by atoms with E-state index in [0.29, 0.717) is 36.4 Å². The minimum absolute atomic E-state index is 0.0228. The number of rotatable bonds is 9. The van der Waals surface area contributed by atoms with E-state index < -0.39 is 21.7 Å². The van der Waals surface area contributed by atoms with Crippen LogP contribution in [0.15, 0.2) is 82.8 Å². The Labute approximate surface area is 264 Å². The van der Waals surface area contributed by atoms with E-state index in [-0.39, 0.29) is 41.8 Å². The van der Waals surface area contributed by atoms with Gasteiger partial charge < -0.3 is 15.0 Å². The number of anilines is 1. The molecule has 0 unspecified atom stereocenters. The Balaban J connectivity index is 1.16. The summed E-state index contributed by atoms with van der Waals surface area (Å²) in [5.41, 5.74) is 2.90. The molecule has 1 fully saturated rings. The molecular weight excluding hydrogens is 620 g/mol. The highest BCUT2D eigenvalue weighted by atomic mass is 32.2. The van der Waals surface area contributed by atoms with Gasteiger partial charge in [-0.15, -0.1) is 10.2 Å². The van der Waals surface area contributed by atoms with Gasteiger partial charge in [-0.25, -0.2) is 12.8 Å². The van der Waals surface area contributed by atoms with Crippen molar-refractivity contribution in [1.82, 2.24) is 24.4 Å². The molecule has 0 aliphatic carbocycles. The topological polar surface area (TPSA) is 127 Å². The van der Waals surface area contributed by atoms with Crippen molar-refractivity contribution in [3.8, 4) is 5.69 Å². The molecule has 14 heteroatoms. The third-order valence-corrected chi connectivity index (χ3v) is 10.5. The monoisotopic (exact) mass is 650 g/mol. The lowest BCUT2D eigenvalue weighted by Crippen LogP contribution is -2.40. The zero-order chi connectivity index (χ0) is 31.4. The van der Waals surface area contributed by atoms with Crippen molar-refractivity contribution in [1.29, 1.82) is 0 Å². The zero-order valence-electron chi connectivity index (χ0n) is 24.3. The summed E-state index contributed by atoms with van der Waals surface area (Å²) in [5.74, 6) is -0.421. The number of fused-ring (bicyclic) bond motifs is 1. The molecule has 45 heavy (non-hydrogen) atoms. The van der Waals surface area contributed by atoms with Crippen LogP contribution in [-0.4, -0.2) is 77.9 Å². The average molecular weight is 651 g/mol. The van der Waals surface area contributed by atoms with Crippen LogP contribution in [0.4, 0.5) is 10.1 Å². The molecule has 0 atom stereocenters. The summed E-state index contributed by atoms with van der Waals surface area (Å²) in [5, 5.41) is 11.8. The largest absolute Gasteiger partial charge is 0.379 e. The maximum atomic E-state index is 13.8. The standard InChI is InChI=1S/C31H31FN6O5S2/c32-24-9-11-25(12-10-24)38-28(34-35-31(38)44-21-29(39)37-15-3-5-22-4-1-2-6-27(22)37)20-33-30(40)23-7-13-26(14-8-23)45(41,42)36-16-18-43-19-17-36/h1-2,4,6-14H,3,5,15-21H2,(H,33,40). The van der Waals surface area contributed by atoms with Gasteiger partial charge in [0.1, 0.15) is 5.82 Å². The molecule has 2 aliphatic rings. The third-order valence-electron chi connectivity index (χ3n) is 7.65. The van der Waals surface area contributed by atoms with Gasteiger partial charge >= 0.3 is 0 Å². The molecule has 1 saturated heterocycles. The molecule has 1 aromatic heterocycles. The van der Waals surface area contributed by atoms with Crippen molar-refractivity contribution in [3.05, 3.63) is 95.6 Å².